The monoisotopic (exact) mass is 213 g/mol. The molecule has 0 aliphatic heterocycles. The molecular weight excluding hydrogens is 202 g/mol. The minimum atomic E-state index is 0.529. The van der Waals surface area contributed by atoms with E-state index >= 15 is 0 Å². The Bertz CT molecular complexity index is 506. The van der Waals surface area contributed by atoms with Crippen molar-refractivity contribution in [2.45, 2.75) is 6.54 Å². The fourth-order valence-corrected chi connectivity index (χ4v) is 1.37. The molecule has 0 atom stereocenters. The fourth-order valence-electron chi connectivity index (χ4n) is 1.37. The van der Waals surface area contributed by atoms with Crippen LogP contribution >= 0.6 is 0 Å². The van der Waals surface area contributed by atoms with Crippen LogP contribution in [-0.2, 0) is 6.54 Å². The van der Waals surface area contributed by atoms with Crippen LogP contribution in [0.2, 0.25) is 0 Å². The lowest BCUT2D eigenvalue weighted by Gasteiger charge is -2.02. The summed E-state index contributed by atoms with van der Waals surface area (Å²) in [6.45, 7) is 0.788. The highest BCUT2D eigenvalue weighted by molar-refractivity contribution is 5.29. The molecule has 2 rings (SSSR count). The van der Waals surface area contributed by atoms with Crippen LogP contribution in [0.3, 0.4) is 0 Å². The zero-order chi connectivity index (χ0) is 11.4. The third kappa shape index (κ3) is 2.07. The predicted molar refractivity (Wildman–Crippen MR) is 58.8 cm³/mol. The molecule has 0 aliphatic rings. The van der Waals surface area contributed by atoms with E-state index in [2.05, 4.69) is 15.4 Å². The predicted octanol–water partition coefficient (Wildman–Crippen LogP) is 0.858. The molecule has 1 N–H and O–H groups in total. The van der Waals surface area contributed by atoms with E-state index in [1.54, 1.807) is 17.1 Å². The molecule has 0 aliphatic carbocycles. The maximum absolute atomic E-state index is 8.68. The summed E-state index contributed by atoms with van der Waals surface area (Å²) >= 11 is 0. The molecule has 0 saturated carbocycles. The number of hydrogen-bond donors (Lipinski definition) is 1. The van der Waals surface area contributed by atoms with E-state index in [0.717, 1.165) is 12.1 Å². The molecule has 0 radical (unpaired) electrons. The number of aromatic nitrogens is 3. The van der Waals surface area contributed by atoms with Gasteiger partial charge in [-0.05, 0) is 18.7 Å². The van der Waals surface area contributed by atoms with Gasteiger partial charge in [0.05, 0.1) is 18.0 Å². The molecule has 0 saturated heterocycles. The topological polar surface area (TPSA) is 66.5 Å². The summed E-state index contributed by atoms with van der Waals surface area (Å²) in [6, 6.07) is 5.88. The molecule has 2 aromatic rings. The van der Waals surface area contributed by atoms with Gasteiger partial charge in [-0.25, -0.2) is 9.67 Å². The zero-order valence-electron chi connectivity index (χ0n) is 8.88. The molecule has 0 aromatic carbocycles. The summed E-state index contributed by atoms with van der Waals surface area (Å²) in [5, 5.41) is 15.8. The summed E-state index contributed by atoms with van der Waals surface area (Å²) in [6.07, 6.45) is 4.96. The van der Waals surface area contributed by atoms with Gasteiger partial charge >= 0.3 is 0 Å². The third-order valence-corrected chi connectivity index (χ3v) is 2.14. The Morgan fingerprint density at radius 2 is 2.31 bits per heavy atom. The van der Waals surface area contributed by atoms with Gasteiger partial charge < -0.3 is 5.32 Å². The Kier molecular flexibility index (Phi) is 2.94. The SMILES string of the molecule is CNCc1ccc(-n2cc(C#N)cn2)nc1. The average Bonchev–Trinajstić information content (AvgIpc) is 2.79. The van der Waals surface area contributed by atoms with Crippen LogP contribution in [0.1, 0.15) is 11.1 Å². The first-order valence-electron chi connectivity index (χ1n) is 4.88. The summed E-state index contributed by atoms with van der Waals surface area (Å²) < 4.78 is 1.59. The second-order valence-corrected chi connectivity index (χ2v) is 3.34. The first kappa shape index (κ1) is 10.3. The molecule has 0 unspecified atom stereocenters. The number of nitriles is 1. The highest BCUT2D eigenvalue weighted by Gasteiger charge is 2.01. The van der Waals surface area contributed by atoms with E-state index in [4.69, 9.17) is 5.26 Å². The number of nitrogens with one attached hydrogen (secondary N) is 1. The molecule has 16 heavy (non-hydrogen) atoms. The zero-order valence-corrected chi connectivity index (χ0v) is 8.88. The highest BCUT2D eigenvalue weighted by Crippen LogP contribution is 2.06. The summed E-state index contributed by atoms with van der Waals surface area (Å²) in [5.74, 6) is 0.710. The van der Waals surface area contributed by atoms with Crippen molar-refractivity contribution in [1.29, 1.82) is 5.26 Å². The summed E-state index contributed by atoms with van der Waals surface area (Å²) in [5.41, 5.74) is 1.64. The molecule has 80 valence electrons. The van der Waals surface area contributed by atoms with E-state index in [9.17, 15) is 0 Å². The van der Waals surface area contributed by atoms with Crippen molar-refractivity contribution in [3.05, 3.63) is 41.9 Å². The lowest BCUT2D eigenvalue weighted by atomic mass is 10.3. The first-order chi connectivity index (χ1) is 7.83. The molecule has 0 fully saturated rings. The Morgan fingerprint density at radius 1 is 1.44 bits per heavy atom. The van der Waals surface area contributed by atoms with Crippen LogP contribution in [0.5, 0.6) is 0 Å². The number of hydrogen-bond acceptors (Lipinski definition) is 4. The summed E-state index contributed by atoms with van der Waals surface area (Å²) in [7, 11) is 1.89. The van der Waals surface area contributed by atoms with Crippen LogP contribution in [0, 0.1) is 11.3 Å². The van der Waals surface area contributed by atoms with E-state index in [1.807, 2.05) is 25.2 Å². The van der Waals surface area contributed by atoms with E-state index in [0.29, 0.717) is 11.4 Å². The van der Waals surface area contributed by atoms with Crippen LogP contribution in [0.15, 0.2) is 30.7 Å². The lowest BCUT2D eigenvalue weighted by molar-refractivity contribution is 0.801. The smallest absolute Gasteiger partial charge is 0.153 e. The molecule has 2 heterocycles. The van der Waals surface area contributed by atoms with Crippen molar-refractivity contribution in [3.8, 4) is 11.9 Å². The molecule has 0 spiro atoms. The standard InChI is InChI=1S/C11H11N5/c1-13-5-9-2-3-11(14-6-9)16-8-10(4-12)7-15-16/h2-3,6-8,13H,5H2,1H3. The molecule has 0 amide bonds. The molecule has 5 heteroatoms. The average molecular weight is 213 g/mol. The molecule has 5 nitrogen and oxygen atoms in total. The van der Waals surface area contributed by atoms with Crippen molar-refractivity contribution >= 4 is 0 Å². The minimum Gasteiger partial charge on any atom is -0.316 e. The second kappa shape index (κ2) is 4.55. The molecule has 2 aromatic heterocycles. The van der Waals surface area contributed by atoms with Gasteiger partial charge in [-0.15, -0.1) is 0 Å². The van der Waals surface area contributed by atoms with Crippen LogP contribution in [-0.4, -0.2) is 21.8 Å². The largest absolute Gasteiger partial charge is 0.316 e. The van der Waals surface area contributed by atoms with Crippen molar-refractivity contribution in [2.75, 3.05) is 7.05 Å². The molecular formula is C11H11N5. The van der Waals surface area contributed by atoms with Crippen molar-refractivity contribution in [1.82, 2.24) is 20.1 Å². The van der Waals surface area contributed by atoms with Crippen LogP contribution in [0.25, 0.3) is 5.82 Å². The Morgan fingerprint density at radius 3 is 2.88 bits per heavy atom. The van der Waals surface area contributed by atoms with Gasteiger partial charge in [0.25, 0.3) is 0 Å². The summed E-state index contributed by atoms with van der Waals surface area (Å²) in [4.78, 5) is 4.27. The minimum absolute atomic E-state index is 0.529. The first-order valence-corrected chi connectivity index (χ1v) is 4.88. The maximum atomic E-state index is 8.68. The van der Waals surface area contributed by atoms with E-state index < -0.39 is 0 Å². The van der Waals surface area contributed by atoms with Gasteiger partial charge in [-0.1, -0.05) is 6.07 Å². The highest BCUT2D eigenvalue weighted by atomic mass is 15.3. The van der Waals surface area contributed by atoms with Gasteiger partial charge in [0.15, 0.2) is 5.82 Å². The maximum Gasteiger partial charge on any atom is 0.153 e. The van der Waals surface area contributed by atoms with Gasteiger partial charge in [0.2, 0.25) is 0 Å². The number of pyridine rings is 1. The Labute approximate surface area is 93.4 Å². The lowest BCUT2D eigenvalue weighted by Crippen LogP contribution is -2.06. The van der Waals surface area contributed by atoms with Gasteiger partial charge in [-0.2, -0.15) is 10.4 Å². The van der Waals surface area contributed by atoms with Gasteiger partial charge in [-0.3, -0.25) is 0 Å². The van der Waals surface area contributed by atoms with Gasteiger partial charge in [0.1, 0.15) is 6.07 Å². The van der Waals surface area contributed by atoms with Crippen LogP contribution in [0.4, 0.5) is 0 Å². The van der Waals surface area contributed by atoms with Crippen molar-refractivity contribution < 1.29 is 0 Å². The molecule has 0 bridgehead atoms. The van der Waals surface area contributed by atoms with Crippen LogP contribution < -0.4 is 5.32 Å². The van der Waals surface area contributed by atoms with Crippen molar-refractivity contribution in [3.63, 3.8) is 0 Å². The Balaban J connectivity index is 2.24. The third-order valence-electron chi connectivity index (χ3n) is 2.14. The fraction of sp³-hybridized carbons (Fsp3) is 0.182. The quantitative estimate of drug-likeness (QED) is 0.821. The van der Waals surface area contributed by atoms with E-state index in [-0.39, 0.29) is 0 Å². The Hall–Kier alpha value is -2.19. The number of rotatable bonds is 3. The number of nitrogens with zero attached hydrogens (tertiary/aromatic N) is 4. The van der Waals surface area contributed by atoms with Gasteiger partial charge in [0, 0.05) is 12.7 Å². The second-order valence-electron chi connectivity index (χ2n) is 3.34. The van der Waals surface area contributed by atoms with E-state index in [1.165, 1.54) is 6.20 Å². The normalized spacial score (nSPS) is 10.0. The van der Waals surface area contributed by atoms with Crippen molar-refractivity contribution in [2.24, 2.45) is 0 Å².